The summed E-state index contributed by atoms with van der Waals surface area (Å²) >= 11 is 0. The highest BCUT2D eigenvalue weighted by molar-refractivity contribution is 5.96. The molecule has 0 bridgehead atoms. The van der Waals surface area contributed by atoms with E-state index in [1.807, 2.05) is 0 Å². The summed E-state index contributed by atoms with van der Waals surface area (Å²) in [6.07, 6.45) is -1.00. The second-order valence-corrected chi connectivity index (χ2v) is 6.86. The van der Waals surface area contributed by atoms with E-state index in [-0.39, 0.29) is 24.4 Å². The van der Waals surface area contributed by atoms with Crippen LogP contribution in [0.4, 0.5) is 9.18 Å². The van der Waals surface area contributed by atoms with E-state index in [1.54, 1.807) is 39.0 Å². The van der Waals surface area contributed by atoms with E-state index in [1.165, 1.54) is 0 Å². The lowest BCUT2D eigenvalue weighted by Crippen LogP contribution is -2.34. The van der Waals surface area contributed by atoms with Gasteiger partial charge in [0.1, 0.15) is 11.7 Å². The average Bonchev–Trinajstić information content (AvgIpc) is 2.53. The van der Waals surface area contributed by atoms with Gasteiger partial charge >= 0.3 is 6.09 Å². The zero-order valence-corrected chi connectivity index (χ0v) is 14.6. The Morgan fingerprint density at radius 1 is 1.48 bits per heavy atom. The molecular weight excluding hydrogens is 327 g/mol. The Kier molecular flexibility index (Phi) is 5.79. The lowest BCUT2D eigenvalue weighted by atomic mass is 9.94. The molecule has 0 spiro atoms. The number of nitrogens with one attached hydrogen (secondary N) is 2. The van der Waals surface area contributed by atoms with Gasteiger partial charge < -0.3 is 20.5 Å². The first-order chi connectivity index (χ1) is 11.7. The van der Waals surface area contributed by atoms with Crippen molar-refractivity contribution >= 4 is 12.0 Å². The topological polar surface area (TPSA) is 87.7 Å². The maximum atomic E-state index is 13.2. The number of hydrogen-bond acceptors (Lipinski definition) is 4. The van der Waals surface area contributed by atoms with E-state index in [4.69, 9.17) is 4.74 Å². The minimum absolute atomic E-state index is 0.00827. The predicted molar refractivity (Wildman–Crippen MR) is 90.9 cm³/mol. The molecule has 25 heavy (non-hydrogen) atoms. The Morgan fingerprint density at radius 3 is 2.84 bits per heavy atom. The van der Waals surface area contributed by atoms with Gasteiger partial charge in [0, 0.05) is 24.2 Å². The Morgan fingerprint density at radius 2 is 2.20 bits per heavy atom. The summed E-state index contributed by atoms with van der Waals surface area (Å²) in [6.45, 7) is 5.49. The van der Waals surface area contributed by atoms with Crippen molar-refractivity contribution in [1.29, 1.82) is 0 Å². The highest BCUT2D eigenvalue weighted by Gasteiger charge is 2.21. The minimum atomic E-state index is -1.23. The van der Waals surface area contributed by atoms with Crippen LogP contribution in [0.15, 0.2) is 30.1 Å². The molecule has 0 fully saturated rings. The van der Waals surface area contributed by atoms with E-state index in [0.717, 1.165) is 5.56 Å². The largest absolute Gasteiger partial charge is 0.444 e. The molecule has 6 nitrogen and oxygen atoms in total. The highest BCUT2D eigenvalue weighted by Crippen LogP contribution is 2.25. The van der Waals surface area contributed by atoms with Crippen molar-refractivity contribution in [3.63, 3.8) is 0 Å². The summed E-state index contributed by atoms with van der Waals surface area (Å²) in [6, 6.07) is 4.88. The second-order valence-electron chi connectivity index (χ2n) is 6.86. The Balaban J connectivity index is 2.06. The summed E-state index contributed by atoms with van der Waals surface area (Å²) in [7, 11) is 0. The number of amides is 2. The van der Waals surface area contributed by atoms with Gasteiger partial charge in [-0.3, -0.25) is 4.79 Å². The molecule has 3 N–H and O–H groups in total. The van der Waals surface area contributed by atoms with Crippen LogP contribution in [0.1, 0.15) is 48.4 Å². The van der Waals surface area contributed by atoms with Crippen LogP contribution in [0.25, 0.3) is 0 Å². The van der Waals surface area contributed by atoms with Crippen LogP contribution in [0, 0.1) is 0 Å². The molecule has 7 heteroatoms. The van der Waals surface area contributed by atoms with Gasteiger partial charge in [0.25, 0.3) is 5.91 Å². The fourth-order valence-corrected chi connectivity index (χ4v) is 2.52. The number of rotatable bonds is 4. The van der Waals surface area contributed by atoms with Gasteiger partial charge in [0.05, 0.1) is 6.33 Å². The average molecular weight is 350 g/mol. The molecule has 1 aromatic carbocycles. The van der Waals surface area contributed by atoms with E-state index in [0.29, 0.717) is 24.1 Å². The standard InChI is InChI=1S/C18H23FN2O4/c1-18(2,3)25-17(24)21-10-13(9-19)15(22)12-4-5-14-11(8-12)6-7-20-16(14)23/h4-5,8-9,15,22H,6-7,10H2,1-3H3,(H,20,23)(H,21,24). The number of aliphatic hydroxyl groups excluding tert-OH is 1. The van der Waals surface area contributed by atoms with Crippen molar-refractivity contribution in [2.45, 2.75) is 38.9 Å². The molecule has 1 aliphatic heterocycles. The number of fused-ring (bicyclic) bond motifs is 1. The molecule has 1 unspecified atom stereocenters. The van der Waals surface area contributed by atoms with Gasteiger partial charge in [0.15, 0.2) is 0 Å². The van der Waals surface area contributed by atoms with Gasteiger partial charge in [-0.25, -0.2) is 9.18 Å². The van der Waals surface area contributed by atoms with Gasteiger partial charge in [-0.2, -0.15) is 0 Å². The molecule has 2 rings (SSSR count). The first-order valence-corrected chi connectivity index (χ1v) is 8.06. The first kappa shape index (κ1) is 18.9. The molecule has 1 heterocycles. The number of hydrogen-bond donors (Lipinski definition) is 3. The molecule has 0 aromatic heterocycles. The molecule has 1 aliphatic rings. The minimum Gasteiger partial charge on any atom is -0.444 e. The van der Waals surface area contributed by atoms with Crippen LogP contribution >= 0.6 is 0 Å². The number of halogens is 1. The molecule has 136 valence electrons. The summed E-state index contributed by atoms with van der Waals surface area (Å²) < 4.78 is 18.3. The third kappa shape index (κ3) is 5.03. The van der Waals surface area contributed by atoms with Crippen LogP contribution in [-0.2, 0) is 11.2 Å². The second kappa shape index (κ2) is 7.65. The quantitative estimate of drug-likeness (QED) is 0.778. The fourth-order valence-electron chi connectivity index (χ4n) is 2.52. The Bertz CT molecular complexity index is 695. The lowest BCUT2D eigenvalue weighted by molar-refractivity contribution is 0.0529. The summed E-state index contributed by atoms with van der Waals surface area (Å²) in [5.74, 6) is -0.157. The Hall–Kier alpha value is -2.41. The van der Waals surface area contributed by atoms with Crippen molar-refractivity contribution in [2.75, 3.05) is 13.1 Å². The van der Waals surface area contributed by atoms with Gasteiger partial charge in [-0.05, 0) is 44.4 Å². The van der Waals surface area contributed by atoms with E-state index >= 15 is 0 Å². The number of carbonyl (C=O) groups excluding carboxylic acids is 2. The van der Waals surface area contributed by atoms with Crippen molar-refractivity contribution in [3.8, 4) is 0 Å². The number of aliphatic hydroxyl groups is 1. The summed E-state index contributed by atoms with van der Waals surface area (Å²) in [5.41, 5.74) is 1.15. The summed E-state index contributed by atoms with van der Waals surface area (Å²) in [4.78, 5) is 23.4. The van der Waals surface area contributed by atoms with E-state index < -0.39 is 17.8 Å². The highest BCUT2D eigenvalue weighted by atomic mass is 19.1. The van der Waals surface area contributed by atoms with Gasteiger partial charge in [-0.15, -0.1) is 0 Å². The predicted octanol–water partition coefficient (Wildman–Crippen LogP) is 2.38. The third-order valence-corrected chi connectivity index (χ3v) is 3.70. The maximum absolute atomic E-state index is 13.2. The molecule has 0 saturated heterocycles. The number of benzene rings is 1. The smallest absolute Gasteiger partial charge is 0.407 e. The van der Waals surface area contributed by atoms with Crippen LogP contribution in [0.5, 0.6) is 0 Å². The Labute approximate surface area is 146 Å². The fraction of sp³-hybridized carbons (Fsp3) is 0.444. The lowest BCUT2D eigenvalue weighted by Gasteiger charge is -2.22. The monoisotopic (exact) mass is 350 g/mol. The van der Waals surface area contributed by atoms with Crippen molar-refractivity contribution in [2.24, 2.45) is 0 Å². The van der Waals surface area contributed by atoms with Gasteiger partial charge in [-0.1, -0.05) is 12.1 Å². The van der Waals surface area contributed by atoms with Crippen molar-refractivity contribution in [3.05, 3.63) is 46.8 Å². The molecular formula is C18H23FN2O4. The van der Waals surface area contributed by atoms with Gasteiger partial charge in [0.2, 0.25) is 0 Å². The SMILES string of the molecule is CC(C)(C)OC(=O)NCC(=CF)C(O)c1ccc2c(c1)CCNC2=O. The molecule has 2 amide bonds. The van der Waals surface area contributed by atoms with Crippen LogP contribution in [0.3, 0.4) is 0 Å². The molecule has 0 saturated carbocycles. The van der Waals surface area contributed by atoms with E-state index in [9.17, 15) is 19.1 Å². The van der Waals surface area contributed by atoms with Crippen molar-refractivity contribution in [1.82, 2.24) is 10.6 Å². The van der Waals surface area contributed by atoms with Crippen LogP contribution in [-0.4, -0.2) is 35.8 Å². The maximum Gasteiger partial charge on any atom is 0.407 e. The number of ether oxygens (including phenoxy) is 1. The summed E-state index contributed by atoms with van der Waals surface area (Å²) in [5, 5.41) is 15.5. The molecule has 0 radical (unpaired) electrons. The van der Waals surface area contributed by atoms with Crippen LogP contribution < -0.4 is 10.6 Å². The van der Waals surface area contributed by atoms with Crippen molar-refractivity contribution < 1.29 is 23.8 Å². The molecule has 1 atom stereocenters. The third-order valence-electron chi connectivity index (χ3n) is 3.70. The molecule has 0 aliphatic carbocycles. The number of alkyl carbamates (subject to hydrolysis) is 1. The zero-order chi connectivity index (χ0) is 18.6. The normalized spacial score (nSPS) is 15.9. The first-order valence-electron chi connectivity index (χ1n) is 8.06. The number of carbonyl (C=O) groups is 2. The molecule has 1 aromatic rings. The van der Waals surface area contributed by atoms with E-state index in [2.05, 4.69) is 10.6 Å². The zero-order valence-electron chi connectivity index (χ0n) is 14.6. The van der Waals surface area contributed by atoms with Crippen LogP contribution in [0.2, 0.25) is 0 Å².